The Kier molecular flexibility index (Phi) is 5.93. The maximum Gasteiger partial charge on any atom is 0.329 e. The third-order valence-electron chi connectivity index (χ3n) is 4.44. The Bertz CT molecular complexity index is 376. The van der Waals surface area contributed by atoms with Gasteiger partial charge in [-0.2, -0.15) is 11.8 Å². The van der Waals surface area contributed by atoms with E-state index in [0.717, 1.165) is 37.2 Å². The van der Waals surface area contributed by atoms with E-state index in [2.05, 4.69) is 5.32 Å². The summed E-state index contributed by atoms with van der Waals surface area (Å²) in [4.78, 5) is 24.0. The summed E-state index contributed by atoms with van der Waals surface area (Å²) in [5, 5.41) is 12.3. The summed E-state index contributed by atoms with van der Waals surface area (Å²) in [6, 6.07) is 0. The molecule has 0 radical (unpaired) electrons. The zero-order chi connectivity index (χ0) is 15.3. The van der Waals surface area contributed by atoms with Crippen LogP contribution < -0.4 is 5.32 Å². The van der Waals surface area contributed by atoms with Crippen molar-refractivity contribution in [2.45, 2.75) is 69.6 Å². The first kappa shape index (κ1) is 16.6. The van der Waals surface area contributed by atoms with Crippen molar-refractivity contribution >= 4 is 23.6 Å². The summed E-state index contributed by atoms with van der Waals surface area (Å²) in [5.74, 6) is 0.352. The lowest BCUT2D eigenvalue weighted by molar-refractivity contribution is -0.151. The predicted octanol–water partition coefficient (Wildman–Crippen LogP) is 2.19. The average Bonchev–Trinajstić information content (AvgIpc) is 2.98. The van der Waals surface area contributed by atoms with Gasteiger partial charge >= 0.3 is 5.97 Å². The second kappa shape index (κ2) is 7.49. The van der Waals surface area contributed by atoms with Crippen molar-refractivity contribution in [3.8, 4) is 0 Å². The van der Waals surface area contributed by atoms with E-state index < -0.39 is 17.6 Å². The fraction of sp³-hybridized carbons (Fsp3) is 0.867. The van der Waals surface area contributed by atoms with E-state index in [0.29, 0.717) is 19.3 Å². The molecule has 2 N–H and O–H groups in total. The van der Waals surface area contributed by atoms with Crippen LogP contribution in [0.3, 0.4) is 0 Å². The number of thioether (sulfide) groups is 1. The molecule has 0 aromatic heterocycles. The number of carboxylic acids is 1. The minimum absolute atomic E-state index is 0.156. The number of hydrogen-bond donors (Lipinski definition) is 2. The fourth-order valence-corrected chi connectivity index (χ4v) is 4.22. The lowest BCUT2D eigenvalue weighted by Crippen LogP contribution is -2.59. The number of carbonyl (C=O) groups excluding carboxylic acids is 1. The molecule has 2 rings (SSSR count). The summed E-state index contributed by atoms with van der Waals surface area (Å²) in [6.07, 6.45) is 5.49. The molecule has 1 amide bonds. The van der Waals surface area contributed by atoms with Crippen molar-refractivity contribution in [1.82, 2.24) is 5.32 Å². The molecule has 0 spiro atoms. The van der Waals surface area contributed by atoms with Gasteiger partial charge in [0.05, 0.1) is 6.10 Å². The van der Waals surface area contributed by atoms with Gasteiger partial charge in [0.2, 0.25) is 5.91 Å². The molecule has 0 bridgehead atoms. The molecular weight excluding hydrogens is 290 g/mol. The van der Waals surface area contributed by atoms with E-state index in [4.69, 9.17) is 4.74 Å². The van der Waals surface area contributed by atoms with E-state index in [1.807, 2.05) is 6.92 Å². The molecule has 1 atom stereocenters. The van der Waals surface area contributed by atoms with Gasteiger partial charge in [0, 0.05) is 0 Å². The Balaban J connectivity index is 1.97. The van der Waals surface area contributed by atoms with Crippen LogP contribution in [0.2, 0.25) is 0 Å². The van der Waals surface area contributed by atoms with Crippen LogP contribution in [0.1, 0.15) is 51.9 Å². The molecular formula is C15H25NO4S. The van der Waals surface area contributed by atoms with Crippen molar-refractivity contribution in [3.05, 3.63) is 0 Å². The Morgan fingerprint density at radius 2 is 1.95 bits per heavy atom. The topological polar surface area (TPSA) is 75.6 Å². The van der Waals surface area contributed by atoms with Crippen LogP contribution in [0.4, 0.5) is 0 Å². The van der Waals surface area contributed by atoms with Crippen LogP contribution in [-0.2, 0) is 14.3 Å². The zero-order valence-corrected chi connectivity index (χ0v) is 13.4. The third-order valence-corrected chi connectivity index (χ3v) is 5.43. The van der Waals surface area contributed by atoms with Gasteiger partial charge < -0.3 is 15.2 Å². The van der Waals surface area contributed by atoms with Crippen LogP contribution in [-0.4, -0.2) is 46.2 Å². The molecule has 2 aliphatic rings. The molecule has 1 heterocycles. The third kappa shape index (κ3) is 4.13. The van der Waals surface area contributed by atoms with Crippen LogP contribution >= 0.6 is 11.8 Å². The fourth-order valence-electron chi connectivity index (χ4n) is 3.03. The number of carbonyl (C=O) groups is 2. The van der Waals surface area contributed by atoms with E-state index in [-0.39, 0.29) is 12.0 Å². The highest BCUT2D eigenvalue weighted by Gasteiger charge is 2.42. The predicted molar refractivity (Wildman–Crippen MR) is 82.5 cm³/mol. The average molecular weight is 315 g/mol. The summed E-state index contributed by atoms with van der Waals surface area (Å²) >= 11 is 1.74. The smallest absolute Gasteiger partial charge is 0.329 e. The maximum atomic E-state index is 12.4. The number of amides is 1. The highest BCUT2D eigenvalue weighted by Crippen LogP contribution is 2.28. The largest absolute Gasteiger partial charge is 0.480 e. The summed E-state index contributed by atoms with van der Waals surface area (Å²) in [5.41, 5.74) is -1.10. The Morgan fingerprint density at radius 1 is 1.33 bits per heavy atom. The standard InChI is InChI=1S/C15H25NO4S/c1-2-12(20-11-5-3-4-6-11)13(17)16-15(14(18)19)7-9-21-10-8-15/h11-12H,2-10H2,1H3,(H,16,17)(H,18,19). The minimum Gasteiger partial charge on any atom is -0.480 e. The van der Waals surface area contributed by atoms with Crippen molar-refractivity contribution < 1.29 is 19.4 Å². The molecule has 5 nitrogen and oxygen atoms in total. The van der Waals surface area contributed by atoms with E-state index >= 15 is 0 Å². The maximum absolute atomic E-state index is 12.4. The van der Waals surface area contributed by atoms with Gasteiger partial charge in [0.1, 0.15) is 11.6 Å². The van der Waals surface area contributed by atoms with Crippen LogP contribution in [0, 0.1) is 0 Å². The van der Waals surface area contributed by atoms with Gasteiger partial charge in [0.25, 0.3) is 0 Å². The molecule has 1 aliphatic carbocycles. The number of hydrogen-bond acceptors (Lipinski definition) is 4. The first-order chi connectivity index (χ1) is 10.1. The number of ether oxygens (including phenoxy) is 1. The molecule has 6 heteroatoms. The molecule has 1 aliphatic heterocycles. The Morgan fingerprint density at radius 3 is 2.48 bits per heavy atom. The number of rotatable bonds is 6. The zero-order valence-electron chi connectivity index (χ0n) is 12.6. The normalized spacial score (nSPS) is 23.7. The SMILES string of the molecule is CCC(OC1CCCC1)C(=O)NC1(C(=O)O)CCSCC1. The van der Waals surface area contributed by atoms with Crippen molar-refractivity contribution in [1.29, 1.82) is 0 Å². The first-order valence-corrected chi connectivity index (χ1v) is 9.01. The summed E-state index contributed by atoms with van der Waals surface area (Å²) in [7, 11) is 0. The van der Waals surface area contributed by atoms with Crippen LogP contribution in [0.15, 0.2) is 0 Å². The van der Waals surface area contributed by atoms with Gasteiger partial charge in [-0.25, -0.2) is 4.79 Å². The highest BCUT2D eigenvalue weighted by molar-refractivity contribution is 7.99. The lowest BCUT2D eigenvalue weighted by Gasteiger charge is -2.35. The van der Waals surface area contributed by atoms with Crippen molar-refractivity contribution in [2.75, 3.05) is 11.5 Å². The Hall–Kier alpha value is -0.750. The molecule has 0 aromatic rings. The lowest BCUT2D eigenvalue weighted by atomic mass is 9.92. The molecule has 120 valence electrons. The molecule has 2 fully saturated rings. The van der Waals surface area contributed by atoms with Crippen LogP contribution in [0.5, 0.6) is 0 Å². The second-order valence-corrected chi connectivity index (χ2v) is 7.15. The van der Waals surface area contributed by atoms with Crippen LogP contribution in [0.25, 0.3) is 0 Å². The summed E-state index contributed by atoms with van der Waals surface area (Å²) < 4.78 is 5.88. The highest BCUT2D eigenvalue weighted by atomic mass is 32.2. The van der Waals surface area contributed by atoms with E-state index in [1.165, 1.54) is 0 Å². The van der Waals surface area contributed by atoms with Crippen molar-refractivity contribution in [3.63, 3.8) is 0 Å². The van der Waals surface area contributed by atoms with Gasteiger partial charge in [-0.1, -0.05) is 19.8 Å². The summed E-state index contributed by atoms with van der Waals surface area (Å²) in [6.45, 7) is 1.91. The molecule has 1 saturated heterocycles. The van der Waals surface area contributed by atoms with E-state index in [1.54, 1.807) is 11.8 Å². The van der Waals surface area contributed by atoms with Gasteiger partial charge in [-0.15, -0.1) is 0 Å². The first-order valence-electron chi connectivity index (χ1n) is 7.86. The second-order valence-electron chi connectivity index (χ2n) is 5.93. The Labute approximate surface area is 130 Å². The molecule has 1 saturated carbocycles. The molecule has 0 aromatic carbocycles. The van der Waals surface area contributed by atoms with Crippen molar-refractivity contribution in [2.24, 2.45) is 0 Å². The molecule has 1 unspecified atom stereocenters. The van der Waals surface area contributed by atoms with Gasteiger partial charge in [-0.3, -0.25) is 4.79 Å². The monoisotopic (exact) mass is 315 g/mol. The minimum atomic E-state index is -1.10. The number of carboxylic acid groups (broad SMARTS) is 1. The van der Waals surface area contributed by atoms with Gasteiger partial charge in [-0.05, 0) is 43.6 Å². The quantitative estimate of drug-likeness (QED) is 0.786. The van der Waals surface area contributed by atoms with E-state index in [9.17, 15) is 14.7 Å². The number of nitrogens with one attached hydrogen (secondary N) is 1. The van der Waals surface area contributed by atoms with Gasteiger partial charge in [0.15, 0.2) is 0 Å². The molecule has 21 heavy (non-hydrogen) atoms. The number of aliphatic carboxylic acids is 1.